The summed E-state index contributed by atoms with van der Waals surface area (Å²) >= 11 is 11.8. The number of allylic oxidation sites excluding steroid dienone is 1. The van der Waals surface area contributed by atoms with E-state index in [1.165, 1.54) is 25.3 Å². The van der Waals surface area contributed by atoms with Gasteiger partial charge in [0, 0.05) is 16.8 Å². The molecule has 0 bridgehead atoms. The highest BCUT2D eigenvalue weighted by atomic mass is 35.5. The molecule has 0 aliphatic carbocycles. The summed E-state index contributed by atoms with van der Waals surface area (Å²) in [6, 6.07) is 15.9. The predicted molar refractivity (Wildman–Crippen MR) is 119 cm³/mol. The first-order valence-corrected chi connectivity index (χ1v) is 9.59. The molecule has 2 N–H and O–H groups in total. The molecule has 0 aliphatic rings. The molecule has 0 aliphatic heterocycles. The van der Waals surface area contributed by atoms with Crippen LogP contribution in [0.3, 0.4) is 0 Å². The molecule has 0 fully saturated rings. The van der Waals surface area contributed by atoms with Gasteiger partial charge >= 0.3 is 0 Å². The van der Waals surface area contributed by atoms with Crippen molar-refractivity contribution in [1.29, 1.82) is 0 Å². The van der Waals surface area contributed by atoms with Crippen molar-refractivity contribution in [3.63, 3.8) is 0 Å². The van der Waals surface area contributed by atoms with Crippen molar-refractivity contribution in [3.05, 3.63) is 93.5 Å². The number of ether oxygens (including phenoxy) is 1. The first-order valence-electron chi connectivity index (χ1n) is 8.83. The minimum atomic E-state index is -0.370. The van der Waals surface area contributed by atoms with Gasteiger partial charge in [0.15, 0.2) is 17.3 Å². The molecule has 0 aromatic heterocycles. The van der Waals surface area contributed by atoms with Gasteiger partial charge < -0.3 is 15.2 Å². The monoisotopic (exact) mass is 441 g/mol. The first-order chi connectivity index (χ1) is 14.4. The van der Waals surface area contributed by atoms with Gasteiger partial charge in [-0.2, -0.15) is 0 Å². The molecule has 0 radical (unpaired) electrons. The number of hydrogen-bond acceptors (Lipinski definition) is 4. The molecule has 1 amide bonds. The van der Waals surface area contributed by atoms with Crippen LogP contribution in [0.4, 0.5) is 5.69 Å². The zero-order chi connectivity index (χ0) is 21.7. The maximum absolute atomic E-state index is 12.5. The van der Waals surface area contributed by atoms with Crippen molar-refractivity contribution in [2.75, 3.05) is 12.4 Å². The fourth-order valence-corrected chi connectivity index (χ4v) is 2.95. The molecule has 0 saturated carbocycles. The van der Waals surface area contributed by atoms with Crippen LogP contribution in [0.15, 0.2) is 66.7 Å². The van der Waals surface area contributed by atoms with Crippen LogP contribution in [0.2, 0.25) is 10.0 Å². The smallest absolute Gasteiger partial charge is 0.255 e. The van der Waals surface area contributed by atoms with Crippen molar-refractivity contribution in [3.8, 4) is 11.5 Å². The summed E-state index contributed by atoms with van der Waals surface area (Å²) in [5.41, 5.74) is 1.92. The van der Waals surface area contributed by atoms with Crippen molar-refractivity contribution < 1.29 is 19.4 Å². The second kappa shape index (κ2) is 9.48. The zero-order valence-corrected chi connectivity index (χ0v) is 17.4. The Morgan fingerprint density at radius 2 is 1.77 bits per heavy atom. The van der Waals surface area contributed by atoms with E-state index < -0.39 is 0 Å². The average molecular weight is 442 g/mol. The average Bonchev–Trinajstić information content (AvgIpc) is 2.75. The third-order valence-electron chi connectivity index (χ3n) is 4.22. The number of rotatable bonds is 6. The van der Waals surface area contributed by atoms with Crippen molar-refractivity contribution in [2.45, 2.75) is 0 Å². The Morgan fingerprint density at radius 1 is 0.967 bits per heavy atom. The molecule has 0 unspecified atom stereocenters. The number of carbonyl (C=O) groups is 2. The van der Waals surface area contributed by atoms with Gasteiger partial charge in [-0.05, 0) is 54.1 Å². The predicted octanol–water partition coefficient (Wildman–Crippen LogP) is 5.86. The number of benzene rings is 3. The second-order valence-electron chi connectivity index (χ2n) is 6.29. The number of aromatic hydroxyl groups is 1. The van der Waals surface area contributed by atoms with E-state index in [0.717, 1.165) is 0 Å². The summed E-state index contributed by atoms with van der Waals surface area (Å²) < 4.78 is 5.06. The summed E-state index contributed by atoms with van der Waals surface area (Å²) in [7, 11) is 1.45. The van der Waals surface area contributed by atoms with Gasteiger partial charge in [-0.15, -0.1) is 0 Å². The highest BCUT2D eigenvalue weighted by molar-refractivity contribution is 6.42. The lowest BCUT2D eigenvalue weighted by Crippen LogP contribution is -2.12. The Morgan fingerprint density at radius 3 is 2.50 bits per heavy atom. The normalized spacial score (nSPS) is 10.8. The Bertz CT molecular complexity index is 1140. The minimum absolute atomic E-state index is 0.0198. The fourth-order valence-electron chi connectivity index (χ4n) is 2.66. The lowest BCUT2D eigenvalue weighted by atomic mass is 10.1. The quantitative estimate of drug-likeness (QED) is 0.371. The molecule has 0 atom stereocenters. The number of phenolic OH excluding ortho intramolecular Hbond substituents is 1. The van der Waals surface area contributed by atoms with Gasteiger partial charge in [0.2, 0.25) is 0 Å². The number of ketones is 1. The molecule has 0 heterocycles. The van der Waals surface area contributed by atoms with E-state index in [2.05, 4.69) is 5.32 Å². The topological polar surface area (TPSA) is 75.6 Å². The van der Waals surface area contributed by atoms with Crippen LogP contribution < -0.4 is 10.1 Å². The van der Waals surface area contributed by atoms with Crippen molar-refractivity contribution >= 4 is 46.7 Å². The van der Waals surface area contributed by atoms with E-state index >= 15 is 0 Å². The van der Waals surface area contributed by atoms with Crippen LogP contribution in [0.5, 0.6) is 11.5 Å². The van der Waals surface area contributed by atoms with Gasteiger partial charge in [0.05, 0.1) is 17.2 Å². The zero-order valence-electron chi connectivity index (χ0n) is 15.9. The molecule has 5 nitrogen and oxygen atoms in total. The maximum Gasteiger partial charge on any atom is 0.255 e. The largest absolute Gasteiger partial charge is 0.504 e. The number of carbonyl (C=O) groups excluding carboxylic acids is 2. The number of amides is 1. The number of phenols is 1. The van der Waals surface area contributed by atoms with E-state index in [9.17, 15) is 14.7 Å². The molecule has 3 aromatic rings. The fraction of sp³-hybridized carbons (Fsp3) is 0.0435. The molecule has 152 valence electrons. The van der Waals surface area contributed by atoms with E-state index in [-0.39, 0.29) is 22.5 Å². The molecule has 0 saturated heterocycles. The maximum atomic E-state index is 12.5. The van der Waals surface area contributed by atoms with Gasteiger partial charge in [0.25, 0.3) is 5.91 Å². The van der Waals surface area contributed by atoms with Crippen LogP contribution in [-0.2, 0) is 0 Å². The molecule has 3 aromatic carbocycles. The summed E-state index contributed by atoms with van der Waals surface area (Å²) in [5.74, 6) is -0.277. The highest BCUT2D eigenvalue weighted by Crippen LogP contribution is 2.27. The van der Waals surface area contributed by atoms with Gasteiger partial charge in [-0.1, -0.05) is 47.5 Å². The molecule has 0 spiro atoms. The van der Waals surface area contributed by atoms with Crippen LogP contribution in [-0.4, -0.2) is 23.9 Å². The SMILES string of the molecule is COc1cc(/C=C/C(=O)c2cccc(NC(=O)c3ccc(Cl)c(Cl)c3)c2)ccc1O. The van der Waals surface area contributed by atoms with Crippen LogP contribution in [0, 0.1) is 0 Å². The Hall–Kier alpha value is -3.28. The molecule has 7 heteroatoms. The number of nitrogens with one attached hydrogen (secondary N) is 1. The van der Waals surface area contributed by atoms with E-state index in [1.54, 1.807) is 54.6 Å². The van der Waals surface area contributed by atoms with E-state index in [0.29, 0.717) is 33.1 Å². The second-order valence-corrected chi connectivity index (χ2v) is 7.11. The van der Waals surface area contributed by atoms with E-state index in [1.807, 2.05) is 0 Å². The Kier molecular flexibility index (Phi) is 6.77. The third kappa shape index (κ3) is 5.20. The first kappa shape index (κ1) is 21.4. The van der Waals surface area contributed by atoms with E-state index in [4.69, 9.17) is 27.9 Å². The van der Waals surface area contributed by atoms with Crippen molar-refractivity contribution in [1.82, 2.24) is 0 Å². The lowest BCUT2D eigenvalue weighted by Gasteiger charge is -2.07. The van der Waals surface area contributed by atoms with Crippen LogP contribution in [0.25, 0.3) is 6.08 Å². The van der Waals surface area contributed by atoms with Gasteiger partial charge in [0.1, 0.15) is 0 Å². The molecular formula is C23H17Cl2NO4. The Balaban J connectivity index is 1.73. The minimum Gasteiger partial charge on any atom is -0.504 e. The number of halogens is 2. The van der Waals surface area contributed by atoms with Crippen LogP contribution >= 0.6 is 23.2 Å². The summed E-state index contributed by atoms with van der Waals surface area (Å²) in [5, 5.41) is 13.0. The number of methoxy groups -OCH3 is 1. The summed E-state index contributed by atoms with van der Waals surface area (Å²) in [6.45, 7) is 0. The van der Waals surface area contributed by atoms with Crippen LogP contribution in [0.1, 0.15) is 26.3 Å². The molecule has 30 heavy (non-hydrogen) atoms. The Labute approximate surface area is 183 Å². The van der Waals surface area contributed by atoms with Gasteiger partial charge in [-0.25, -0.2) is 0 Å². The third-order valence-corrected chi connectivity index (χ3v) is 4.96. The molecule has 3 rings (SSSR count). The number of hydrogen-bond donors (Lipinski definition) is 2. The number of anilines is 1. The van der Waals surface area contributed by atoms with Crippen molar-refractivity contribution in [2.24, 2.45) is 0 Å². The summed E-state index contributed by atoms with van der Waals surface area (Å²) in [6.07, 6.45) is 3.02. The molecular weight excluding hydrogens is 425 g/mol. The highest BCUT2D eigenvalue weighted by Gasteiger charge is 2.10. The van der Waals surface area contributed by atoms with Gasteiger partial charge in [-0.3, -0.25) is 9.59 Å². The lowest BCUT2D eigenvalue weighted by molar-refractivity contribution is 0.102. The summed E-state index contributed by atoms with van der Waals surface area (Å²) in [4.78, 5) is 24.9. The standard InChI is InChI=1S/C23H17Cl2NO4/c1-30-22-11-14(6-10-21(22)28)5-9-20(27)15-3-2-4-17(12-15)26-23(29)16-7-8-18(24)19(25)13-16/h2-13,28H,1H3,(H,26,29)/b9-5+.